The highest BCUT2D eigenvalue weighted by Gasteiger charge is 1.98. The summed E-state index contributed by atoms with van der Waals surface area (Å²) in [4.78, 5) is 14.3. The zero-order valence-electron chi connectivity index (χ0n) is 8.68. The highest BCUT2D eigenvalue weighted by Crippen LogP contribution is 2.14. The largest absolute Gasteiger partial charge is 0.465 e. The molecule has 4 heteroatoms. The standard InChI is InChI=1S/C12H12N2O2/c15-12(16)14-6-3-9-1-2-10-4-5-13-8-11(10)7-9/h1-2,4-5,7-8,14H,3,6H2,(H,15,16). The number of nitrogens with zero attached hydrogens (tertiary/aromatic N) is 1. The van der Waals surface area contributed by atoms with E-state index in [1.807, 2.05) is 30.5 Å². The van der Waals surface area contributed by atoms with E-state index >= 15 is 0 Å². The van der Waals surface area contributed by atoms with E-state index in [1.54, 1.807) is 6.20 Å². The zero-order chi connectivity index (χ0) is 11.4. The van der Waals surface area contributed by atoms with Gasteiger partial charge < -0.3 is 10.4 Å². The van der Waals surface area contributed by atoms with Crippen molar-refractivity contribution in [3.05, 3.63) is 42.2 Å². The predicted octanol–water partition coefficient (Wildman–Crippen LogP) is 2.04. The number of amides is 1. The van der Waals surface area contributed by atoms with Crippen LogP contribution < -0.4 is 5.32 Å². The van der Waals surface area contributed by atoms with E-state index < -0.39 is 6.09 Å². The number of carbonyl (C=O) groups is 1. The van der Waals surface area contributed by atoms with Gasteiger partial charge in [0.25, 0.3) is 0 Å². The molecule has 0 saturated carbocycles. The maximum Gasteiger partial charge on any atom is 0.404 e. The summed E-state index contributed by atoms with van der Waals surface area (Å²) >= 11 is 0. The molecule has 2 rings (SSSR count). The van der Waals surface area contributed by atoms with E-state index in [9.17, 15) is 4.79 Å². The highest BCUT2D eigenvalue weighted by molar-refractivity contribution is 5.82. The van der Waals surface area contributed by atoms with Crippen LogP contribution in [0.25, 0.3) is 10.8 Å². The molecule has 1 amide bonds. The molecule has 4 nitrogen and oxygen atoms in total. The van der Waals surface area contributed by atoms with Gasteiger partial charge in [-0.15, -0.1) is 0 Å². The summed E-state index contributed by atoms with van der Waals surface area (Å²) in [5.41, 5.74) is 1.11. The van der Waals surface area contributed by atoms with E-state index in [4.69, 9.17) is 5.11 Å². The van der Waals surface area contributed by atoms with Crippen molar-refractivity contribution in [2.45, 2.75) is 6.42 Å². The van der Waals surface area contributed by atoms with Gasteiger partial charge in [0, 0.05) is 24.3 Å². The van der Waals surface area contributed by atoms with Crippen LogP contribution in [0.3, 0.4) is 0 Å². The summed E-state index contributed by atoms with van der Waals surface area (Å²) in [7, 11) is 0. The molecule has 0 atom stereocenters. The van der Waals surface area contributed by atoms with Crippen molar-refractivity contribution in [2.75, 3.05) is 6.54 Å². The Labute approximate surface area is 92.9 Å². The van der Waals surface area contributed by atoms with E-state index in [0.29, 0.717) is 13.0 Å². The molecule has 0 aliphatic rings. The third-order valence-corrected chi connectivity index (χ3v) is 2.39. The summed E-state index contributed by atoms with van der Waals surface area (Å²) in [6.07, 6.45) is 3.27. The molecule has 1 aromatic heterocycles. The Balaban J connectivity index is 2.10. The Kier molecular flexibility index (Phi) is 3.00. The fourth-order valence-electron chi connectivity index (χ4n) is 1.60. The van der Waals surface area contributed by atoms with Crippen molar-refractivity contribution in [3.8, 4) is 0 Å². The van der Waals surface area contributed by atoms with Crippen molar-refractivity contribution < 1.29 is 9.90 Å². The van der Waals surface area contributed by atoms with Crippen LogP contribution in [0.2, 0.25) is 0 Å². The Morgan fingerprint density at radius 2 is 2.19 bits per heavy atom. The molecule has 1 aromatic carbocycles. The van der Waals surface area contributed by atoms with E-state index in [-0.39, 0.29) is 0 Å². The zero-order valence-corrected chi connectivity index (χ0v) is 8.68. The van der Waals surface area contributed by atoms with Crippen molar-refractivity contribution in [2.24, 2.45) is 0 Å². The molecule has 0 unspecified atom stereocenters. The second kappa shape index (κ2) is 4.61. The molecule has 0 aliphatic heterocycles. The molecular weight excluding hydrogens is 204 g/mol. The average Bonchev–Trinajstić information content (AvgIpc) is 2.28. The van der Waals surface area contributed by atoms with Crippen LogP contribution in [0.5, 0.6) is 0 Å². The Morgan fingerprint density at radius 1 is 1.31 bits per heavy atom. The summed E-state index contributed by atoms with van der Waals surface area (Å²) in [5.74, 6) is 0. The lowest BCUT2D eigenvalue weighted by molar-refractivity contribution is 0.194. The number of aromatic nitrogens is 1. The molecule has 0 spiro atoms. The first-order valence-corrected chi connectivity index (χ1v) is 5.05. The third-order valence-electron chi connectivity index (χ3n) is 2.39. The van der Waals surface area contributed by atoms with Gasteiger partial charge in [-0.1, -0.05) is 12.1 Å². The number of carboxylic acid groups (broad SMARTS) is 1. The molecule has 0 fully saturated rings. The molecule has 0 aliphatic carbocycles. The minimum Gasteiger partial charge on any atom is -0.465 e. The number of benzene rings is 1. The Morgan fingerprint density at radius 3 is 3.00 bits per heavy atom. The van der Waals surface area contributed by atoms with Crippen molar-refractivity contribution in [1.29, 1.82) is 0 Å². The maximum absolute atomic E-state index is 10.3. The van der Waals surface area contributed by atoms with Crippen LogP contribution in [0.15, 0.2) is 36.7 Å². The smallest absolute Gasteiger partial charge is 0.404 e. The fraction of sp³-hybridized carbons (Fsp3) is 0.167. The first-order chi connectivity index (χ1) is 7.75. The van der Waals surface area contributed by atoms with E-state index in [0.717, 1.165) is 16.3 Å². The molecule has 0 bridgehead atoms. The lowest BCUT2D eigenvalue weighted by atomic mass is 10.1. The molecule has 0 saturated heterocycles. The summed E-state index contributed by atoms with van der Waals surface area (Å²) in [6, 6.07) is 8.01. The van der Waals surface area contributed by atoms with Crippen molar-refractivity contribution in [1.82, 2.24) is 10.3 Å². The van der Waals surface area contributed by atoms with Gasteiger partial charge in [-0.2, -0.15) is 0 Å². The molecule has 82 valence electrons. The van der Waals surface area contributed by atoms with Crippen LogP contribution in [0.1, 0.15) is 5.56 Å². The van der Waals surface area contributed by atoms with Gasteiger partial charge in [0.2, 0.25) is 0 Å². The van der Waals surface area contributed by atoms with Crippen molar-refractivity contribution >= 4 is 16.9 Å². The third kappa shape index (κ3) is 2.48. The normalized spacial score (nSPS) is 10.2. The summed E-state index contributed by atoms with van der Waals surface area (Å²) in [5, 5.41) is 13.0. The topological polar surface area (TPSA) is 62.2 Å². The Hall–Kier alpha value is -2.10. The molecule has 1 heterocycles. The first kappa shape index (κ1) is 10.4. The fourth-order valence-corrected chi connectivity index (χ4v) is 1.60. The monoisotopic (exact) mass is 216 g/mol. The molecule has 0 radical (unpaired) electrons. The highest BCUT2D eigenvalue weighted by atomic mass is 16.4. The van der Waals surface area contributed by atoms with Gasteiger partial charge in [-0.3, -0.25) is 4.98 Å². The van der Waals surface area contributed by atoms with Crippen LogP contribution in [-0.4, -0.2) is 22.7 Å². The van der Waals surface area contributed by atoms with Crippen LogP contribution in [0.4, 0.5) is 4.79 Å². The minimum absolute atomic E-state index is 0.432. The van der Waals surface area contributed by atoms with Gasteiger partial charge in [-0.05, 0) is 29.5 Å². The number of hydrogen-bond acceptors (Lipinski definition) is 2. The van der Waals surface area contributed by atoms with Crippen LogP contribution in [-0.2, 0) is 6.42 Å². The number of pyridine rings is 1. The molecule has 16 heavy (non-hydrogen) atoms. The molecule has 2 N–H and O–H groups in total. The predicted molar refractivity (Wildman–Crippen MR) is 61.5 cm³/mol. The van der Waals surface area contributed by atoms with E-state index in [1.165, 1.54) is 0 Å². The first-order valence-electron chi connectivity index (χ1n) is 5.05. The lowest BCUT2D eigenvalue weighted by Gasteiger charge is -2.03. The van der Waals surface area contributed by atoms with Gasteiger partial charge in [0.15, 0.2) is 0 Å². The van der Waals surface area contributed by atoms with Crippen LogP contribution in [0, 0.1) is 0 Å². The van der Waals surface area contributed by atoms with Gasteiger partial charge in [0.1, 0.15) is 0 Å². The molecule has 2 aromatic rings. The van der Waals surface area contributed by atoms with Crippen LogP contribution >= 0.6 is 0 Å². The van der Waals surface area contributed by atoms with Gasteiger partial charge in [0.05, 0.1) is 0 Å². The van der Waals surface area contributed by atoms with Crippen molar-refractivity contribution in [3.63, 3.8) is 0 Å². The number of hydrogen-bond donors (Lipinski definition) is 2. The van der Waals surface area contributed by atoms with Gasteiger partial charge in [-0.25, -0.2) is 4.79 Å². The van der Waals surface area contributed by atoms with E-state index in [2.05, 4.69) is 10.3 Å². The number of nitrogens with one attached hydrogen (secondary N) is 1. The summed E-state index contributed by atoms with van der Waals surface area (Å²) < 4.78 is 0. The maximum atomic E-state index is 10.3. The Bertz CT molecular complexity index is 511. The average molecular weight is 216 g/mol. The quantitative estimate of drug-likeness (QED) is 0.825. The molecular formula is C12H12N2O2. The second-order valence-corrected chi connectivity index (χ2v) is 3.54. The minimum atomic E-state index is -0.984. The SMILES string of the molecule is O=C(O)NCCc1ccc2ccncc2c1. The lowest BCUT2D eigenvalue weighted by Crippen LogP contribution is -2.23. The number of rotatable bonds is 3. The summed E-state index contributed by atoms with van der Waals surface area (Å²) in [6.45, 7) is 0.432. The second-order valence-electron chi connectivity index (χ2n) is 3.54. The number of fused-ring (bicyclic) bond motifs is 1. The van der Waals surface area contributed by atoms with Gasteiger partial charge >= 0.3 is 6.09 Å².